The average Bonchev–Trinajstić information content (AvgIpc) is 3.07. The van der Waals surface area contributed by atoms with Crippen molar-refractivity contribution in [3.63, 3.8) is 0 Å². The Kier molecular flexibility index (Phi) is 5.04. The van der Waals surface area contributed by atoms with E-state index in [1.165, 1.54) is 64.2 Å². The van der Waals surface area contributed by atoms with Crippen LogP contribution in [0.4, 0.5) is 11.8 Å². The minimum Gasteiger partial charge on any atom is -0.365 e. The van der Waals surface area contributed by atoms with Crippen LogP contribution in [0.15, 0.2) is 6.33 Å². The molecular weight excluding hydrogens is 312 g/mol. The van der Waals surface area contributed by atoms with Gasteiger partial charge >= 0.3 is 0 Å². The van der Waals surface area contributed by atoms with Crippen LogP contribution in [-0.2, 0) is 6.54 Å². The number of nitrogens with one attached hydrogen (secondary N) is 2. The molecule has 2 saturated carbocycles. The second kappa shape index (κ2) is 7.58. The van der Waals surface area contributed by atoms with Gasteiger partial charge in [-0.05, 0) is 32.6 Å². The second-order valence-corrected chi connectivity index (χ2v) is 7.56. The first-order chi connectivity index (χ1) is 12.3. The molecule has 2 aromatic heterocycles. The van der Waals surface area contributed by atoms with Gasteiger partial charge in [0.25, 0.3) is 0 Å². The van der Waals surface area contributed by atoms with Crippen LogP contribution in [0.1, 0.15) is 71.1 Å². The highest BCUT2D eigenvalue weighted by molar-refractivity contribution is 5.84. The Balaban J connectivity index is 1.62. The molecule has 2 fully saturated rings. The molecule has 0 spiro atoms. The Hall–Kier alpha value is -1.85. The quantitative estimate of drug-likeness (QED) is 0.846. The number of aryl methyl sites for hydroxylation is 1. The molecule has 0 radical (unpaired) electrons. The molecule has 2 aliphatic carbocycles. The van der Waals surface area contributed by atoms with Crippen molar-refractivity contribution in [2.75, 3.05) is 10.6 Å². The third-order valence-corrected chi connectivity index (χ3v) is 5.69. The first kappa shape index (κ1) is 16.6. The summed E-state index contributed by atoms with van der Waals surface area (Å²) in [5.41, 5.74) is 1.84. The number of imidazole rings is 1. The maximum absolute atomic E-state index is 4.83. The van der Waals surface area contributed by atoms with Crippen molar-refractivity contribution < 1.29 is 0 Å². The predicted molar refractivity (Wildman–Crippen MR) is 102 cm³/mol. The molecular formula is C19H30N6. The number of hydrogen-bond acceptors (Lipinski definition) is 5. The van der Waals surface area contributed by atoms with E-state index in [1.807, 2.05) is 6.33 Å². The first-order valence-electron chi connectivity index (χ1n) is 10.1. The Bertz CT molecular complexity index is 697. The minimum atomic E-state index is 0.506. The topological polar surface area (TPSA) is 67.7 Å². The molecule has 0 bridgehead atoms. The number of rotatable bonds is 5. The zero-order chi connectivity index (χ0) is 17.1. The molecule has 0 atom stereocenters. The molecule has 2 heterocycles. The van der Waals surface area contributed by atoms with Gasteiger partial charge in [0.15, 0.2) is 17.0 Å². The van der Waals surface area contributed by atoms with Crippen LogP contribution in [0.2, 0.25) is 0 Å². The summed E-state index contributed by atoms with van der Waals surface area (Å²) in [6, 6.07) is 1.02. The van der Waals surface area contributed by atoms with Gasteiger partial charge in [-0.15, -0.1) is 0 Å². The van der Waals surface area contributed by atoms with Crippen molar-refractivity contribution in [1.82, 2.24) is 19.5 Å². The van der Waals surface area contributed by atoms with Crippen LogP contribution in [0.5, 0.6) is 0 Å². The second-order valence-electron chi connectivity index (χ2n) is 7.56. The van der Waals surface area contributed by atoms with E-state index in [1.54, 1.807) is 0 Å². The molecule has 0 unspecified atom stereocenters. The van der Waals surface area contributed by atoms with Crippen molar-refractivity contribution in [3.8, 4) is 0 Å². The molecule has 0 aliphatic heterocycles. The van der Waals surface area contributed by atoms with Gasteiger partial charge in [0.05, 0.1) is 6.33 Å². The van der Waals surface area contributed by atoms with Crippen LogP contribution in [0.25, 0.3) is 11.2 Å². The largest absolute Gasteiger partial charge is 0.365 e. The smallest absolute Gasteiger partial charge is 0.227 e. The molecule has 4 rings (SSSR count). The predicted octanol–water partition coefficient (Wildman–Crippen LogP) is 4.34. The van der Waals surface area contributed by atoms with Crippen LogP contribution in [-0.4, -0.2) is 31.6 Å². The summed E-state index contributed by atoms with van der Waals surface area (Å²) in [5, 5.41) is 7.26. The number of aromatic nitrogens is 4. The summed E-state index contributed by atoms with van der Waals surface area (Å²) < 4.78 is 2.11. The molecule has 0 saturated heterocycles. The molecule has 6 nitrogen and oxygen atoms in total. The zero-order valence-corrected chi connectivity index (χ0v) is 15.3. The Morgan fingerprint density at radius 1 is 0.920 bits per heavy atom. The van der Waals surface area contributed by atoms with Crippen molar-refractivity contribution in [3.05, 3.63) is 6.33 Å². The first-order valence-corrected chi connectivity index (χ1v) is 10.1. The standard InChI is InChI=1S/C19H30N6/c1-2-25-13-20-16-17(21-14-9-5-3-6-10-14)23-19(24-18(16)25)22-15-11-7-4-8-12-15/h13-15H,2-12H2,1H3,(H2,21,22,23,24). The van der Waals surface area contributed by atoms with Crippen molar-refractivity contribution in [1.29, 1.82) is 0 Å². The highest BCUT2D eigenvalue weighted by atomic mass is 15.2. The lowest BCUT2D eigenvalue weighted by Crippen LogP contribution is -2.25. The van der Waals surface area contributed by atoms with Gasteiger partial charge in [-0.1, -0.05) is 38.5 Å². The minimum absolute atomic E-state index is 0.506. The summed E-state index contributed by atoms with van der Waals surface area (Å²) in [5.74, 6) is 1.66. The van der Waals surface area contributed by atoms with Crippen molar-refractivity contribution >= 4 is 22.9 Å². The van der Waals surface area contributed by atoms with Crippen LogP contribution in [0, 0.1) is 0 Å². The van der Waals surface area contributed by atoms with E-state index in [-0.39, 0.29) is 0 Å². The van der Waals surface area contributed by atoms with Gasteiger partial charge in [-0.2, -0.15) is 9.97 Å². The molecule has 136 valence electrons. The summed E-state index contributed by atoms with van der Waals surface area (Å²) >= 11 is 0. The molecule has 2 aromatic rings. The van der Waals surface area contributed by atoms with E-state index in [0.717, 1.165) is 29.5 Å². The monoisotopic (exact) mass is 342 g/mol. The van der Waals surface area contributed by atoms with Crippen molar-refractivity contribution in [2.24, 2.45) is 0 Å². The Morgan fingerprint density at radius 3 is 2.20 bits per heavy atom. The van der Waals surface area contributed by atoms with E-state index in [4.69, 9.17) is 9.97 Å². The van der Waals surface area contributed by atoms with Gasteiger partial charge < -0.3 is 15.2 Å². The Morgan fingerprint density at radius 2 is 1.56 bits per heavy atom. The fourth-order valence-electron chi connectivity index (χ4n) is 4.21. The van der Waals surface area contributed by atoms with E-state index >= 15 is 0 Å². The van der Waals surface area contributed by atoms with E-state index in [2.05, 4.69) is 27.1 Å². The zero-order valence-electron chi connectivity index (χ0n) is 15.3. The van der Waals surface area contributed by atoms with Gasteiger partial charge in [0.1, 0.15) is 0 Å². The number of hydrogen-bond donors (Lipinski definition) is 2. The lowest BCUT2D eigenvalue weighted by Gasteiger charge is -2.25. The fourth-order valence-corrected chi connectivity index (χ4v) is 4.21. The van der Waals surface area contributed by atoms with E-state index in [9.17, 15) is 0 Å². The van der Waals surface area contributed by atoms with Crippen LogP contribution < -0.4 is 10.6 Å². The summed E-state index contributed by atoms with van der Waals surface area (Å²) in [4.78, 5) is 14.2. The number of anilines is 2. The normalized spacial score (nSPS) is 20.0. The molecule has 0 amide bonds. The molecule has 6 heteroatoms. The third-order valence-electron chi connectivity index (χ3n) is 5.69. The van der Waals surface area contributed by atoms with Crippen molar-refractivity contribution in [2.45, 2.75) is 89.8 Å². The highest BCUT2D eigenvalue weighted by Gasteiger charge is 2.20. The molecule has 25 heavy (non-hydrogen) atoms. The maximum atomic E-state index is 4.83. The van der Waals surface area contributed by atoms with E-state index < -0.39 is 0 Å². The molecule has 0 aromatic carbocycles. The van der Waals surface area contributed by atoms with Gasteiger partial charge in [-0.3, -0.25) is 0 Å². The third kappa shape index (κ3) is 3.72. The van der Waals surface area contributed by atoms with Gasteiger partial charge in [0, 0.05) is 18.6 Å². The van der Waals surface area contributed by atoms with Gasteiger partial charge in [0.2, 0.25) is 5.95 Å². The number of nitrogens with zero attached hydrogens (tertiary/aromatic N) is 4. The highest BCUT2D eigenvalue weighted by Crippen LogP contribution is 2.27. The summed E-state index contributed by atoms with van der Waals surface area (Å²) in [6.45, 7) is 3.00. The maximum Gasteiger partial charge on any atom is 0.227 e. The van der Waals surface area contributed by atoms with Gasteiger partial charge in [-0.25, -0.2) is 4.98 Å². The van der Waals surface area contributed by atoms with Crippen LogP contribution in [0.3, 0.4) is 0 Å². The van der Waals surface area contributed by atoms with Crippen LogP contribution >= 0.6 is 0 Å². The Labute approximate surface area is 149 Å². The number of fused-ring (bicyclic) bond motifs is 1. The molecule has 2 N–H and O–H groups in total. The SMILES string of the molecule is CCn1cnc2c(NC3CCCCC3)nc(NC3CCCCC3)nc21. The summed E-state index contributed by atoms with van der Waals surface area (Å²) in [7, 11) is 0. The fraction of sp³-hybridized carbons (Fsp3) is 0.737. The lowest BCUT2D eigenvalue weighted by atomic mass is 9.95. The average molecular weight is 342 g/mol. The van der Waals surface area contributed by atoms with E-state index in [0.29, 0.717) is 12.1 Å². The lowest BCUT2D eigenvalue weighted by molar-refractivity contribution is 0.459. The molecule has 2 aliphatic rings. The summed E-state index contributed by atoms with van der Waals surface area (Å²) in [6.07, 6.45) is 14.7.